The number of rotatable bonds is 18. The summed E-state index contributed by atoms with van der Waals surface area (Å²) in [6.45, 7) is 9.93. The van der Waals surface area contributed by atoms with E-state index in [1.807, 2.05) is 13.8 Å². The second-order valence-electron chi connectivity index (χ2n) is 20.3. The van der Waals surface area contributed by atoms with Crippen LogP contribution in [-0.4, -0.2) is 123 Å². The number of carbonyl (C=O) groups excluding carboxylic acids is 8. The Balaban J connectivity index is 1.11. The van der Waals surface area contributed by atoms with Crippen LogP contribution in [0.1, 0.15) is 104 Å². The van der Waals surface area contributed by atoms with Gasteiger partial charge in [0.2, 0.25) is 17.7 Å². The van der Waals surface area contributed by atoms with E-state index in [9.17, 15) is 38.4 Å². The number of nitrogens with one attached hydrogen (secondary N) is 5. The van der Waals surface area contributed by atoms with Crippen molar-refractivity contribution in [2.45, 2.75) is 147 Å². The predicted octanol–water partition coefficient (Wildman–Crippen LogP) is 3.64. The summed E-state index contributed by atoms with van der Waals surface area (Å²) in [6, 6.07) is 2.46. The van der Waals surface area contributed by atoms with Gasteiger partial charge in [-0.2, -0.15) is 0 Å². The van der Waals surface area contributed by atoms with Crippen LogP contribution in [0.4, 0.5) is 15.3 Å². The van der Waals surface area contributed by atoms with E-state index in [-0.39, 0.29) is 63.6 Å². The fraction of sp³-hybridized carbons (Fsp3) is 0.615. The lowest BCUT2D eigenvalue weighted by atomic mass is 9.51. The minimum Gasteiger partial charge on any atom is -0.463 e. The summed E-state index contributed by atoms with van der Waals surface area (Å²) in [5.41, 5.74) is 10.3. The van der Waals surface area contributed by atoms with Gasteiger partial charge in [-0.25, -0.2) is 24.0 Å². The van der Waals surface area contributed by atoms with Crippen LogP contribution in [0.15, 0.2) is 60.2 Å². The molecular formula is C52H73N7O14. The maximum absolute atomic E-state index is 14.3. The topological polar surface area (TPSA) is 307 Å². The Morgan fingerprint density at radius 2 is 1.63 bits per heavy atom. The van der Waals surface area contributed by atoms with Gasteiger partial charge in [0.1, 0.15) is 43.0 Å². The maximum atomic E-state index is 14.3. The number of primary amides is 1. The number of amides is 6. The van der Waals surface area contributed by atoms with Crippen LogP contribution >= 0.6 is 0 Å². The summed E-state index contributed by atoms with van der Waals surface area (Å²) in [5.74, 6) is -4.33. The first-order valence-electron chi connectivity index (χ1n) is 25.3. The molecule has 9 N–H and O–H groups in total. The Hall–Kier alpha value is -6.32. The molecular weight excluding hydrogens is 947 g/mol. The molecule has 0 aromatic heterocycles. The number of allylic oxidation sites excluding steroid dienone is 3. The SMILES string of the molecule is CC1=CC2O[C@@H]3C[C@H]4OC(=O)/C=C\C=C\C(=O)OCC[C@@H](C)[C@@H](NC(=O)OCc5ccc(NC(=O)[C@H](CCCNC(N)=O)NC(=O)[C@@H](NC(=O)CCCCCN)C(C)C)cc5)C(=O)OC[C@@]2(CC1)C4(C)[C@]31CO1. The van der Waals surface area contributed by atoms with Gasteiger partial charge in [-0.05, 0) is 87.9 Å². The molecule has 3 fully saturated rings. The molecule has 400 valence electrons. The highest BCUT2D eigenvalue weighted by Crippen LogP contribution is 2.72. The molecule has 2 aliphatic carbocycles. The molecule has 1 aromatic carbocycles. The largest absolute Gasteiger partial charge is 0.463 e. The Morgan fingerprint density at radius 3 is 2.32 bits per heavy atom. The van der Waals surface area contributed by atoms with Crippen molar-refractivity contribution in [1.82, 2.24) is 21.3 Å². The molecule has 6 amide bonds. The van der Waals surface area contributed by atoms with Crippen molar-refractivity contribution < 1.29 is 66.8 Å². The van der Waals surface area contributed by atoms with Crippen molar-refractivity contribution in [2.24, 2.45) is 34.1 Å². The highest BCUT2D eigenvalue weighted by molar-refractivity contribution is 5.98. The fourth-order valence-electron chi connectivity index (χ4n) is 10.5. The average Bonchev–Trinajstić information content (AvgIpc) is 4.14. The van der Waals surface area contributed by atoms with E-state index in [2.05, 4.69) is 32.7 Å². The van der Waals surface area contributed by atoms with E-state index in [1.165, 1.54) is 18.2 Å². The number of ether oxygens (including phenoxy) is 6. The molecule has 2 spiro atoms. The van der Waals surface area contributed by atoms with Gasteiger partial charge in [0.15, 0.2) is 0 Å². The Bertz CT molecular complexity index is 2280. The van der Waals surface area contributed by atoms with Crippen LogP contribution < -0.4 is 38.1 Å². The zero-order valence-corrected chi connectivity index (χ0v) is 42.5. The molecule has 2 saturated heterocycles. The molecule has 21 nitrogen and oxygen atoms in total. The number of unbranched alkanes of at least 4 members (excludes halogenated alkanes) is 2. The minimum absolute atomic E-state index is 0.100. The summed E-state index contributed by atoms with van der Waals surface area (Å²) in [6.07, 6.45) is 9.39. The molecule has 73 heavy (non-hydrogen) atoms. The van der Waals surface area contributed by atoms with Gasteiger partial charge in [0.25, 0.3) is 0 Å². The quantitative estimate of drug-likeness (QED) is 0.0363. The number of esters is 3. The second kappa shape index (κ2) is 25.1. The number of cyclic esters (lactones) is 2. The van der Waals surface area contributed by atoms with Crippen LogP contribution in [0.5, 0.6) is 0 Å². The van der Waals surface area contributed by atoms with Crippen molar-refractivity contribution >= 4 is 53.4 Å². The molecule has 1 saturated carbocycles. The summed E-state index contributed by atoms with van der Waals surface area (Å²) >= 11 is 0. The molecule has 0 radical (unpaired) electrons. The predicted molar refractivity (Wildman–Crippen MR) is 265 cm³/mol. The maximum Gasteiger partial charge on any atom is 0.408 e. The summed E-state index contributed by atoms with van der Waals surface area (Å²) in [4.78, 5) is 105. The van der Waals surface area contributed by atoms with E-state index in [1.54, 1.807) is 45.0 Å². The number of anilines is 1. The zero-order chi connectivity index (χ0) is 52.9. The van der Waals surface area contributed by atoms with Crippen molar-refractivity contribution in [3.8, 4) is 0 Å². The van der Waals surface area contributed by atoms with Gasteiger partial charge in [-0.1, -0.05) is 70.0 Å². The van der Waals surface area contributed by atoms with Crippen molar-refractivity contribution in [3.05, 3.63) is 65.8 Å². The van der Waals surface area contributed by atoms with E-state index in [0.29, 0.717) is 56.5 Å². The number of epoxide rings is 1. The number of benzene rings is 1. The summed E-state index contributed by atoms with van der Waals surface area (Å²) < 4.78 is 36.3. The first kappa shape index (κ1) is 56.0. The lowest BCUT2D eigenvalue weighted by molar-refractivity contribution is -0.233. The molecule has 3 aliphatic heterocycles. The van der Waals surface area contributed by atoms with Crippen molar-refractivity contribution in [3.63, 3.8) is 0 Å². The number of hydrogen-bond acceptors (Lipinski definition) is 15. The number of nitrogens with two attached hydrogens (primary N) is 2. The Labute approximate surface area is 426 Å². The van der Waals surface area contributed by atoms with Crippen molar-refractivity contribution in [1.29, 1.82) is 0 Å². The van der Waals surface area contributed by atoms with Crippen LogP contribution in [0.25, 0.3) is 0 Å². The van der Waals surface area contributed by atoms with Crippen LogP contribution in [0.2, 0.25) is 0 Å². The van der Waals surface area contributed by atoms with Gasteiger partial charge in [0.05, 0.1) is 30.8 Å². The monoisotopic (exact) mass is 1020 g/mol. The molecule has 5 aliphatic rings. The van der Waals surface area contributed by atoms with Crippen LogP contribution in [0, 0.1) is 22.7 Å². The molecule has 2 unspecified atom stereocenters. The lowest BCUT2D eigenvalue weighted by Gasteiger charge is -2.58. The van der Waals surface area contributed by atoms with Crippen molar-refractivity contribution in [2.75, 3.05) is 38.2 Å². The second-order valence-corrected chi connectivity index (χ2v) is 20.3. The van der Waals surface area contributed by atoms with Crippen LogP contribution in [-0.2, 0) is 63.8 Å². The molecule has 3 heterocycles. The summed E-state index contributed by atoms with van der Waals surface area (Å²) in [7, 11) is 0. The fourth-order valence-corrected chi connectivity index (χ4v) is 10.5. The highest BCUT2D eigenvalue weighted by atomic mass is 16.6. The first-order chi connectivity index (χ1) is 34.8. The third-order valence-corrected chi connectivity index (χ3v) is 15.0. The third kappa shape index (κ3) is 13.7. The molecule has 1 aromatic rings. The Kier molecular flexibility index (Phi) is 19.2. The number of carbonyl (C=O) groups is 8. The molecule has 21 heteroatoms. The summed E-state index contributed by atoms with van der Waals surface area (Å²) in [5, 5.41) is 13.5. The third-order valence-electron chi connectivity index (χ3n) is 15.0. The number of hydrogen-bond donors (Lipinski definition) is 7. The van der Waals surface area contributed by atoms with Gasteiger partial charge in [0, 0.05) is 42.6 Å². The van der Waals surface area contributed by atoms with Gasteiger partial charge in [-0.15, -0.1) is 0 Å². The molecule has 6 rings (SSSR count). The minimum atomic E-state index is -1.25. The Morgan fingerprint density at radius 1 is 0.904 bits per heavy atom. The highest BCUT2D eigenvalue weighted by Gasteiger charge is 2.83. The van der Waals surface area contributed by atoms with E-state index >= 15 is 0 Å². The van der Waals surface area contributed by atoms with Crippen LogP contribution in [0.3, 0.4) is 0 Å². The average molecular weight is 1020 g/mol. The van der Waals surface area contributed by atoms with Gasteiger partial charge < -0.3 is 66.5 Å². The zero-order valence-electron chi connectivity index (χ0n) is 42.5. The number of alkyl carbamates (subject to hydrolysis) is 1. The van der Waals surface area contributed by atoms with E-state index in [0.717, 1.165) is 24.5 Å². The molecule has 2 bridgehead atoms. The number of urea groups is 1. The first-order valence-corrected chi connectivity index (χ1v) is 25.3. The van der Waals surface area contributed by atoms with E-state index < -0.39 is 94.5 Å². The lowest BCUT2D eigenvalue weighted by Crippen LogP contribution is -2.67. The smallest absolute Gasteiger partial charge is 0.408 e. The standard InChI is InChI=1S/C52H73N7O14/c1-31(2)43(58-40(60)13-7-6-10-23-53)46(64)57-36(12-11-24-55-48(54)66)45(63)56-35-18-16-34(17-19-35)28-69-49(67)59-44-33(4)21-25-68-41(61)14-8-9-15-42(62)73-37-27-39-52(30-71-52)50(37,5)51(29-70-47(44)65)22-20-32(3)26-38(51)72-39/h8-9,14-19,26,31,33,36-39,43-44H,6-7,10-13,20-25,27-30,53H2,1-5H3,(H,56,63)(H,57,64)(H,58,60)(H,59,67)(H3,54,55,66)/b14-8+,15-9-/t33-,36+,37-,38?,39-,43+,44-,50?,51-,52+/m1/s1. The normalized spacial score (nSPS) is 29.5. The van der Waals surface area contributed by atoms with Gasteiger partial charge >= 0.3 is 30.0 Å². The molecule has 10 atom stereocenters. The van der Waals surface area contributed by atoms with E-state index in [4.69, 9.17) is 39.9 Å². The van der Waals surface area contributed by atoms with Gasteiger partial charge in [-0.3, -0.25) is 14.4 Å².